The fraction of sp³-hybridized carbons (Fsp3) is 0.444. The predicted octanol–water partition coefficient (Wildman–Crippen LogP) is 1.43. The van der Waals surface area contributed by atoms with Gasteiger partial charge in [-0.25, -0.2) is 0 Å². The van der Waals surface area contributed by atoms with Crippen LogP contribution in [0.2, 0.25) is 0 Å². The van der Waals surface area contributed by atoms with Gasteiger partial charge in [0.25, 0.3) is 0 Å². The number of hydrogen-bond donors (Lipinski definition) is 0. The Bertz CT molecular complexity index is 248. The van der Waals surface area contributed by atoms with E-state index in [9.17, 15) is 0 Å². The fourth-order valence-corrected chi connectivity index (χ4v) is 0.857. The molecular weight excluding hydrogens is 154 g/mol. The van der Waals surface area contributed by atoms with Crippen molar-refractivity contribution >= 4 is 0 Å². The smallest absolute Gasteiger partial charge is 0.141 e. The molecule has 1 aromatic rings. The molecule has 1 rings (SSSR count). The first-order valence-electron chi connectivity index (χ1n) is 3.76. The van der Waals surface area contributed by atoms with E-state index in [1.807, 2.05) is 13.0 Å². The molecule has 0 saturated heterocycles. The molecule has 1 aromatic heterocycles. The summed E-state index contributed by atoms with van der Waals surface area (Å²) in [4.78, 5) is 0. The molecule has 0 aromatic carbocycles. The van der Waals surface area contributed by atoms with Crippen LogP contribution in [0.15, 0.2) is 16.8 Å². The number of rotatable bonds is 4. The summed E-state index contributed by atoms with van der Waals surface area (Å²) in [5.41, 5.74) is 0. The summed E-state index contributed by atoms with van der Waals surface area (Å²) >= 11 is 0. The molecule has 0 spiro atoms. The standard InChI is InChI=1S/C9H11NO2/c1-3-6-11-7-8(2)9-4-5-10-12-9/h1,4-5,8H,6-7H2,2H3. The van der Waals surface area contributed by atoms with E-state index in [-0.39, 0.29) is 5.92 Å². The SMILES string of the molecule is C#CCOCC(C)c1ccno1. The Morgan fingerprint density at radius 3 is 3.25 bits per heavy atom. The monoisotopic (exact) mass is 165 g/mol. The van der Waals surface area contributed by atoms with Crippen LogP contribution < -0.4 is 0 Å². The van der Waals surface area contributed by atoms with Gasteiger partial charge in [-0.3, -0.25) is 0 Å². The molecule has 0 aliphatic heterocycles. The molecule has 1 atom stereocenters. The van der Waals surface area contributed by atoms with Crippen molar-refractivity contribution in [1.29, 1.82) is 0 Å². The van der Waals surface area contributed by atoms with Crippen LogP contribution in [0.3, 0.4) is 0 Å². The maximum absolute atomic E-state index is 5.14. The summed E-state index contributed by atoms with van der Waals surface area (Å²) in [5.74, 6) is 3.43. The predicted molar refractivity (Wildman–Crippen MR) is 44.6 cm³/mol. The molecular formula is C9H11NO2. The third kappa shape index (κ3) is 2.40. The van der Waals surface area contributed by atoms with Crippen molar-refractivity contribution in [3.8, 4) is 12.3 Å². The third-order valence-corrected chi connectivity index (χ3v) is 1.50. The van der Waals surface area contributed by atoms with Crippen LogP contribution in [-0.4, -0.2) is 18.4 Å². The van der Waals surface area contributed by atoms with E-state index in [1.165, 1.54) is 0 Å². The Morgan fingerprint density at radius 2 is 2.67 bits per heavy atom. The Balaban J connectivity index is 2.30. The molecule has 1 unspecified atom stereocenters. The van der Waals surface area contributed by atoms with E-state index >= 15 is 0 Å². The maximum Gasteiger partial charge on any atom is 0.141 e. The normalized spacial score (nSPS) is 12.3. The number of aromatic nitrogens is 1. The van der Waals surface area contributed by atoms with Gasteiger partial charge in [0, 0.05) is 12.0 Å². The van der Waals surface area contributed by atoms with Gasteiger partial charge in [-0.1, -0.05) is 18.0 Å². The molecule has 0 saturated carbocycles. The maximum atomic E-state index is 5.14. The topological polar surface area (TPSA) is 35.3 Å². The van der Waals surface area contributed by atoms with Crippen molar-refractivity contribution in [2.75, 3.05) is 13.2 Å². The first-order chi connectivity index (χ1) is 5.84. The van der Waals surface area contributed by atoms with Crippen molar-refractivity contribution < 1.29 is 9.26 Å². The Hall–Kier alpha value is -1.27. The Labute approximate surface area is 71.7 Å². The molecule has 0 aliphatic carbocycles. The molecule has 0 N–H and O–H groups in total. The highest BCUT2D eigenvalue weighted by Gasteiger charge is 2.08. The van der Waals surface area contributed by atoms with Crippen LogP contribution >= 0.6 is 0 Å². The first-order valence-corrected chi connectivity index (χ1v) is 3.76. The minimum absolute atomic E-state index is 0.209. The summed E-state index contributed by atoms with van der Waals surface area (Å²) in [5, 5.41) is 3.60. The van der Waals surface area contributed by atoms with Gasteiger partial charge < -0.3 is 9.26 Å². The Kier molecular flexibility index (Phi) is 3.36. The fourth-order valence-electron chi connectivity index (χ4n) is 0.857. The number of nitrogens with zero attached hydrogens (tertiary/aromatic N) is 1. The van der Waals surface area contributed by atoms with E-state index < -0.39 is 0 Å². The average molecular weight is 165 g/mol. The summed E-state index contributed by atoms with van der Waals surface area (Å²) < 4.78 is 10.1. The van der Waals surface area contributed by atoms with Crippen molar-refractivity contribution in [2.45, 2.75) is 12.8 Å². The molecule has 3 nitrogen and oxygen atoms in total. The second-order valence-electron chi connectivity index (χ2n) is 2.54. The van der Waals surface area contributed by atoms with Gasteiger partial charge in [0.1, 0.15) is 12.4 Å². The quantitative estimate of drug-likeness (QED) is 0.500. The van der Waals surface area contributed by atoms with Crippen molar-refractivity contribution in [3.05, 3.63) is 18.0 Å². The Morgan fingerprint density at radius 1 is 1.83 bits per heavy atom. The lowest BCUT2D eigenvalue weighted by atomic mass is 10.1. The molecule has 0 fully saturated rings. The zero-order valence-corrected chi connectivity index (χ0v) is 6.99. The highest BCUT2D eigenvalue weighted by molar-refractivity contribution is 4.99. The van der Waals surface area contributed by atoms with Crippen LogP contribution in [0.1, 0.15) is 18.6 Å². The van der Waals surface area contributed by atoms with Gasteiger partial charge >= 0.3 is 0 Å². The van der Waals surface area contributed by atoms with Gasteiger partial charge in [0.05, 0.1) is 12.8 Å². The molecule has 0 aliphatic rings. The van der Waals surface area contributed by atoms with Crippen LogP contribution in [0.5, 0.6) is 0 Å². The zero-order valence-electron chi connectivity index (χ0n) is 6.99. The number of terminal acetylenes is 1. The zero-order chi connectivity index (χ0) is 8.81. The molecule has 3 heteroatoms. The molecule has 0 radical (unpaired) electrons. The second-order valence-corrected chi connectivity index (χ2v) is 2.54. The third-order valence-electron chi connectivity index (χ3n) is 1.50. The van der Waals surface area contributed by atoms with E-state index in [0.29, 0.717) is 13.2 Å². The van der Waals surface area contributed by atoms with Crippen molar-refractivity contribution in [3.63, 3.8) is 0 Å². The molecule has 0 amide bonds. The van der Waals surface area contributed by atoms with Gasteiger partial charge in [0.15, 0.2) is 0 Å². The summed E-state index contributed by atoms with van der Waals surface area (Å²) in [6.45, 7) is 2.91. The van der Waals surface area contributed by atoms with Crippen LogP contribution in [0.4, 0.5) is 0 Å². The summed E-state index contributed by atoms with van der Waals surface area (Å²) in [6, 6.07) is 1.82. The lowest BCUT2D eigenvalue weighted by Crippen LogP contribution is -2.03. The molecule has 64 valence electrons. The van der Waals surface area contributed by atoms with E-state index in [2.05, 4.69) is 11.1 Å². The van der Waals surface area contributed by atoms with Crippen molar-refractivity contribution in [2.24, 2.45) is 0 Å². The second kappa shape index (κ2) is 4.58. The van der Waals surface area contributed by atoms with E-state index in [1.54, 1.807) is 6.20 Å². The molecule has 12 heavy (non-hydrogen) atoms. The van der Waals surface area contributed by atoms with Gasteiger partial charge in [-0.15, -0.1) is 6.42 Å². The van der Waals surface area contributed by atoms with Gasteiger partial charge in [-0.2, -0.15) is 0 Å². The van der Waals surface area contributed by atoms with Crippen LogP contribution in [0.25, 0.3) is 0 Å². The average Bonchev–Trinajstić information content (AvgIpc) is 2.56. The van der Waals surface area contributed by atoms with Crippen molar-refractivity contribution in [1.82, 2.24) is 5.16 Å². The van der Waals surface area contributed by atoms with Gasteiger partial charge in [-0.05, 0) is 0 Å². The lowest BCUT2D eigenvalue weighted by Gasteiger charge is -2.05. The van der Waals surface area contributed by atoms with Gasteiger partial charge in [0.2, 0.25) is 0 Å². The highest BCUT2D eigenvalue weighted by Crippen LogP contribution is 2.13. The number of ether oxygens (including phenoxy) is 1. The lowest BCUT2D eigenvalue weighted by molar-refractivity contribution is 0.145. The van der Waals surface area contributed by atoms with E-state index in [0.717, 1.165) is 5.76 Å². The molecule has 0 bridgehead atoms. The minimum atomic E-state index is 0.209. The first kappa shape index (κ1) is 8.82. The van der Waals surface area contributed by atoms with Crippen LogP contribution in [-0.2, 0) is 4.74 Å². The summed E-state index contributed by atoms with van der Waals surface area (Å²) in [7, 11) is 0. The number of hydrogen-bond acceptors (Lipinski definition) is 3. The minimum Gasteiger partial charge on any atom is -0.368 e. The van der Waals surface area contributed by atoms with Crippen LogP contribution in [0, 0.1) is 12.3 Å². The van der Waals surface area contributed by atoms with E-state index in [4.69, 9.17) is 15.7 Å². The highest BCUT2D eigenvalue weighted by atomic mass is 16.5. The largest absolute Gasteiger partial charge is 0.368 e. The summed E-state index contributed by atoms with van der Waals surface area (Å²) in [6.07, 6.45) is 6.64. The molecule has 1 heterocycles.